The average molecular weight is 401 g/mol. The standard InChI is InChI=1S/C21H28N4O2S/c1-17-5-8-19(9-6-17)28(26,27)25-11-3-4-20(25)18-7-10-21(22-16-18)24-14-12-23(2)13-15-24/h5-10,16,20H,3-4,11-15H2,1-2H3/t20-/m0/s1. The van der Waals surface area contributed by atoms with Crippen molar-refractivity contribution >= 4 is 15.8 Å². The van der Waals surface area contributed by atoms with Crippen LogP contribution in [0.25, 0.3) is 0 Å². The minimum atomic E-state index is -3.50. The van der Waals surface area contributed by atoms with Gasteiger partial charge < -0.3 is 9.80 Å². The van der Waals surface area contributed by atoms with E-state index in [1.54, 1.807) is 16.4 Å². The van der Waals surface area contributed by atoms with Crippen LogP contribution in [-0.4, -0.2) is 62.4 Å². The molecule has 0 saturated carbocycles. The molecule has 150 valence electrons. The van der Waals surface area contributed by atoms with Gasteiger partial charge in [-0.2, -0.15) is 4.31 Å². The van der Waals surface area contributed by atoms with Gasteiger partial charge in [0.2, 0.25) is 10.0 Å². The van der Waals surface area contributed by atoms with Crippen LogP contribution >= 0.6 is 0 Å². The van der Waals surface area contributed by atoms with Gasteiger partial charge in [-0.05, 0) is 50.6 Å². The van der Waals surface area contributed by atoms with Gasteiger partial charge in [0.1, 0.15) is 5.82 Å². The lowest BCUT2D eigenvalue weighted by Crippen LogP contribution is -2.44. The number of benzene rings is 1. The first-order chi connectivity index (χ1) is 13.4. The van der Waals surface area contributed by atoms with Crippen LogP contribution in [0.1, 0.15) is 30.0 Å². The maximum atomic E-state index is 13.2. The van der Waals surface area contributed by atoms with Crippen LogP contribution in [0.4, 0.5) is 5.82 Å². The van der Waals surface area contributed by atoms with Gasteiger partial charge in [-0.25, -0.2) is 13.4 Å². The molecule has 7 heteroatoms. The predicted octanol–water partition coefficient (Wildman–Crippen LogP) is 2.67. The molecule has 2 aromatic rings. The summed E-state index contributed by atoms with van der Waals surface area (Å²) in [4.78, 5) is 9.63. The molecule has 2 fully saturated rings. The van der Waals surface area contributed by atoms with Crippen molar-refractivity contribution in [3.8, 4) is 0 Å². The van der Waals surface area contributed by atoms with E-state index in [1.165, 1.54) is 0 Å². The molecule has 0 N–H and O–H groups in total. The third kappa shape index (κ3) is 3.79. The molecule has 0 spiro atoms. The van der Waals surface area contributed by atoms with E-state index in [4.69, 9.17) is 0 Å². The highest BCUT2D eigenvalue weighted by atomic mass is 32.2. The SMILES string of the molecule is Cc1ccc(S(=O)(=O)N2CCC[C@H]2c2ccc(N3CCN(C)CC3)nc2)cc1. The summed E-state index contributed by atoms with van der Waals surface area (Å²) < 4.78 is 28.0. The smallest absolute Gasteiger partial charge is 0.243 e. The summed E-state index contributed by atoms with van der Waals surface area (Å²) in [6.07, 6.45) is 3.57. The Morgan fingerprint density at radius 2 is 1.68 bits per heavy atom. The number of piperazine rings is 1. The van der Waals surface area contributed by atoms with Crippen LogP contribution in [0, 0.1) is 6.92 Å². The van der Waals surface area contributed by atoms with E-state index in [0.29, 0.717) is 11.4 Å². The van der Waals surface area contributed by atoms with E-state index in [0.717, 1.165) is 56.0 Å². The van der Waals surface area contributed by atoms with Crippen LogP contribution in [0.3, 0.4) is 0 Å². The molecule has 0 aliphatic carbocycles. The fourth-order valence-corrected chi connectivity index (χ4v) is 5.71. The van der Waals surface area contributed by atoms with E-state index in [1.807, 2.05) is 37.4 Å². The summed E-state index contributed by atoms with van der Waals surface area (Å²) in [5.74, 6) is 0.975. The molecule has 2 saturated heterocycles. The van der Waals surface area contributed by atoms with Crippen LogP contribution < -0.4 is 4.90 Å². The van der Waals surface area contributed by atoms with Gasteiger partial charge in [-0.15, -0.1) is 0 Å². The number of hydrogen-bond acceptors (Lipinski definition) is 5. The highest BCUT2D eigenvalue weighted by Gasteiger charge is 2.36. The minimum absolute atomic E-state index is 0.139. The van der Waals surface area contributed by atoms with Crippen LogP contribution in [0.5, 0.6) is 0 Å². The minimum Gasteiger partial charge on any atom is -0.354 e. The zero-order valence-corrected chi connectivity index (χ0v) is 17.4. The summed E-state index contributed by atoms with van der Waals surface area (Å²) >= 11 is 0. The van der Waals surface area contributed by atoms with Crippen molar-refractivity contribution in [3.63, 3.8) is 0 Å². The Morgan fingerprint density at radius 1 is 0.964 bits per heavy atom. The Labute approximate surface area is 167 Å². The van der Waals surface area contributed by atoms with Gasteiger partial charge in [-0.1, -0.05) is 23.8 Å². The monoisotopic (exact) mass is 400 g/mol. The van der Waals surface area contributed by atoms with Crippen molar-refractivity contribution in [2.24, 2.45) is 0 Å². The quantitative estimate of drug-likeness (QED) is 0.790. The molecule has 2 aliphatic rings. The molecule has 6 nitrogen and oxygen atoms in total. The lowest BCUT2D eigenvalue weighted by Gasteiger charge is -2.33. The first-order valence-corrected chi connectivity index (χ1v) is 11.4. The summed E-state index contributed by atoms with van der Waals surface area (Å²) in [5.41, 5.74) is 2.03. The molecule has 1 aromatic heterocycles. The second-order valence-corrected chi connectivity index (χ2v) is 9.72. The molecule has 1 atom stereocenters. The van der Waals surface area contributed by atoms with Gasteiger partial charge in [0.25, 0.3) is 0 Å². The van der Waals surface area contributed by atoms with Gasteiger partial charge >= 0.3 is 0 Å². The molecule has 0 radical (unpaired) electrons. The number of aryl methyl sites for hydroxylation is 1. The van der Waals surface area contributed by atoms with Gasteiger partial charge in [-0.3, -0.25) is 0 Å². The Morgan fingerprint density at radius 3 is 2.32 bits per heavy atom. The second kappa shape index (κ2) is 7.81. The highest BCUT2D eigenvalue weighted by molar-refractivity contribution is 7.89. The third-order valence-electron chi connectivity index (χ3n) is 5.81. The van der Waals surface area contributed by atoms with Gasteiger partial charge in [0.15, 0.2) is 0 Å². The van der Waals surface area contributed by atoms with E-state index in [9.17, 15) is 8.42 Å². The molecule has 0 unspecified atom stereocenters. The number of pyridine rings is 1. The zero-order chi connectivity index (χ0) is 19.7. The molecular weight excluding hydrogens is 372 g/mol. The molecule has 4 rings (SSSR count). The third-order valence-corrected chi connectivity index (χ3v) is 7.74. The lowest BCUT2D eigenvalue weighted by atomic mass is 10.1. The molecule has 28 heavy (non-hydrogen) atoms. The Bertz CT molecular complexity index is 904. The van der Waals surface area contributed by atoms with Crippen molar-refractivity contribution in [1.82, 2.24) is 14.2 Å². The van der Waals surface area contributed by atoms with Crippen molar-refractivity contribution in [2.75, 3.05) is 44.7 Å². The zero-order valence-electron chi connectivity index (χ0n) is 16.6. The van der Waals surface area contributed by atoms with E-state index < -0.39 is 10.0 Å². The number of aromatic nitrogens is 1. The number of anilines is 1. The number of rotatable bonds is 4. The first kappa shape index (κ1) is 19.4. The topological polar surface area (TPSA) is 56.8 Å². The number of sulfonamides is 1. The number of nitrogens with zero attached hydrogens (tertiary/aromatic N) is 4. The Balaban J connectivity index is 1.54. The Hall–Kier alpha value is -1.96. The molecule has 1 aromatic carbocycles. The molecule has 0 amide bonds. The number of hydrogen-bond donors (Lipinski definition) is 0. The summed E-state index contributed by atoms with van der Waals surface area (Å²) in [7, 11) is -1.36. The van der Waals surface area contributed by atoms with E-state index >= 15 is 0 Å². The second-order valence-electron chi connectivity index (χ2n) is 7.83. The molecule has 3 heterocycles. The fourth-order valence-electron chi connectivity index (χ4n) is 4.02. The maximum absolute atomic E-state index is 13.2. The number of likely N-dealkylation sites (N-methyl/N-ethyl adjacent to an activating group) is 1. The van der Waals surface area contributed by atoms with Crippen molar-refractivity contribution in [2.45, 2.75) is 30.7 Å². The normalized spacial score (nSPS) is 21.9. The molecule has 0 bridgehead atoms. The van der Waals surface area contributed by atoms with Gasteiger partial charge in [0, 0.05) is 38.9 Å². The average Bonchev–Trinajstić information content (AvgIpc) is 3.20. The molecule has 2 aliphatic heterocycles. The van der Waals surface area contributed by atoms with Crippen molar-refractivity contribution in [1.29, 1.82) is 0 Å². The van der Waals surface area contributed by atoms with E-state index in [-0.39, 0.29) is 6.04 Å². The molecular formula is C21H28N4O2S. The fraction of sp³-hybridized carbons (Fsp3) is 0.476. The van der Waals surface area contributed by atoms with Crippen LogP contribution in [0.2, 0.25) is 0 Å². The maximum Gasteiger partial charge on any atom is 0.243 e. The summed E-state index contributed by atoms with van der Waals surface area (Å²) in [6, 6.07) is 11.1. The Kier molecular flexibility index (Phi) is 5.40. The summed E-state index contributed by atoms with van der Waals surface area (Å²) in [6.45, 7) is 6.54. The van der Waals surface area contributed by atoms with Crippen molar-refractivity contribution < 1.29 is 8.42 Å². The van der Waals surface area contributed by atoms with Crippen molar-refractivity contribution in [3.05, 3.63) is 53.7 Å². The lowest BCUT2D eigenvalue weighted by molar-refractivity contribution is 0.312. The highest BCUT2D eigenvalue weighted by Crippen LogP contribution is 2.36. The first-order valence-electron chi connectivity index (χ1n) is 9.93. The summed E-state index contributed by atoms with van der Waals surface area (Å²) in [5, 5.41) is 0. The van der Waals surface area contributed by atoms with E-state index in [2.05, 4.69) is 21.8 Å². The largest absolute Gasteiger partial charge is 0.354 e. The predicted molar refractivity (Wildman–Crippen MR) is 111 cm³/mol. The van der Waals surface area contributed by atoms with Crippen LogP contribution in [0.15, 0.2) is 47.5 Å². The van der Waals surface area contributed by atoms with Crippen LogP contribution in [-0.2, 0) is 10.0 Å². The van der Waals surface area contributed by atoms with Gasteiger partial charge in [0.05, 0.1) is 10.9 Å².